The summed E-state index contributed by atoms with van der Waals surface area (Å²) in [5.74, 6) is 0. The Labute approximate surface area is 121 Å². The van der Waals surface area contributed by atoms with Crippen molar-refractivity contribution in [3.8, 4) is 0 Å². The summed E-state index contributed by atoms with van der Waals surface area (Å²) in [6.07, 6.45) is 8.75. The molecular formula is C18H22N2. The molecule has 2 heterocycles. The second-order valence-corrected chi connectivity index (χ2v) is 3.61. The zero-order valence-corrected chi connectivity index (χ0v) is 12.2. The average molecular weight is 266 g/mol. The lowest BCUT2D eigenvalue weighted by molar-refractivity contribution is 0.934. The van der Waals surface area contributed by atoms with Crippen molar-refractivity contribution in [2.24, 2.45) is 7.05 Å². The summed E-state index contributed by atoms with van der Waals surface area (Å²) in [6.45, 7) is 20.3. The zero-order chi connectivity index (χ0) is 15.5. The summed E-state index contributed by atoms with van der Waals surface area (Å²) >= 11 is 0. The van der Waals surface area contributed by atoms with Gasteiger partial charge in [0.1, 0.15) is 5.65 Å². The Morgan fingerprint density at radius 3 is 2.10 bits per heavy atom. The first-order chi connectivity index (χ1) is 9.71. The van der Waals surface area contributed by atoms with E-state index in [4.69, 9.17) is 0 Å². The second-order valence-electron chi connectivity index (χ2n) is 3.61. The summed E-state index contributed by atoms with van der Waals surface area (Å²) in [6, 6.07) is 3.98. The molecule has 0 saturated heterocycles. The van der Waals surface area contributed by atoms with E-state index in [1.165, 1.54) is 0 Å². The molecule has 0 amide bonds. The van der Waals surface area contributed by atoms with Gasteiger partial charge in [-0.1, -0.05) is 44.5 Å². The molecule has 0 aliphatic rings. The Morgan fingerprint density at radius 1 is 1.05 bits per heavy atom. The van der Waals surface area contributed by atoms with Crippen LogP contribution in [0.5, 0.6) is 0 Å². The van der Waals surface area contributed by atoms with Crippen molar-refractivity contribution in [1.82, 2.24) is 9.55 Å². The van der Waals surface area contributed by atoms with E-state index in [0.717, 1.165) is 22.3 Å². The van der Waals surface area contributed by atoms with E-state index in [9.17, 15) is 0 Å². The Morgan fingerprint density at radius 2 is 1.65 bits per heavy atom. The van der Waals surface area contributed by atoms with Crippen molar-refractivity contribution in [1.29, 1.82) is 0 Å². The highest BCUT2D eigenvalue weighted by Crippen LogP contribution is 2.25. The van der Waals surface area contributed by atoms with Crippen LogP contribution in [0.3, 0.4) is 0 Å². The molecule has 0 aromatic carbocycles. The third-order valence-electron chi connectivity index (χ3n) is 2.60. The highest BCUT2D eigenvalue weighted by atomic mass is 15.0. The van der Waals surface area contributed by atoms with Crippen molar-refractivity contribution in [3.63, 3.8) is 0 Å². The Bertz CT molecular complexity index is 597. The minimum absolute atomic E-state index is 0.970. The quantitative estimate of drug-likeness (QED) is 0.563. The number of pyridine rings is 1. The first-order valence-electron chi connectivity index (χ1n) is 6.13. The van der Waals surface area contributed by atoms with Crippen LogP contribution in [0.15, 0.2) is 70.0 Å². The lowest BCUT2D eigenvalue weighted by Crippen LogP contribution is -1.91. The second kappa shape index (κ2) is 9.34. The Kier molecular flexibility index (Phi) is 8.12. The van der Waals surface area contributed by atoms with E-state index < -0.39 is 0 Å². The van der Waals surface area contributed by atoms with Crippen LogP contribution in [0, 0.1) is 0 Å². The predicted octanol–water partition coefficient (Wildman–Crippen LogP) is 5.02. The van der Waals surface area contributed by atoms with Crippen molar-refractivity contribution >= 4 is 23.2 Å². The van der Waals surface area contributed by atoms with Gasteiger partial charge in [0.25, 0.3) is 0 Å². The molecule has 0 atom stereocenters. The maximum absolute atomic E-state index is 4.33. The molecule has 2 nitrogen and oxygen atoms in total. The van der Waals surface area contributed by atoms with Crippen LogP contribution in [0.25, 0.3) is 23.2 Å². The van der Waals surface area contributed by atoms with Crippen LogP contribution in [0.4, 0.5) is 0 Å². The van der Waals surface area contributed by atoms with Gasteiger partial charge in [-0.25, -0.2) is 4.98 Å². The van der Waals surface area contributed by atoms with Crippen LogP contribution in [-0.2, 0) is 7.05 Å². The monoisotopic (exact) mass is 266 g/mol. The molecule has 0 unspecified atom stereocenters. The van der Waals surface area contributed by atoms with Crippen molar-refractivity contribution in [2.75, 3.05) is 0 Å². The van der Waals surface area contributed by atoms with Gasteiger partial charge in [0.2, 0.25) is 0 Å². The standard InChI is InChI=1S/C12H12N2.C4H6.C2H4/c1-4-9-10-7-6-8-13-12(10)14(3)11(9)5-2;1-3-4-2;1-2/h4-8H,1-2H2,3H3;3-4H,1-2H2;1-2H2. The van der Waals surface area contributed by atoms with Crippen molar-refractivity contribution in [3.05, 3.63) is 81.2 Å². The smallest absolute Gasteiger partial charge is 0.140 e. The average Bonchev–Trinajstić information content (AvgIpc) is 2.81. The maximum Gasteiger partial charge on any atom is 0.140 e. The van der Waals surface area contributed by atoms with E-state index in [2.05, 4.69) is 44.5 Å². The van der Waals surface area contributed by atoms with Gasteiger partial charge in [-0.3, -0.25) is 0 Å². The number of aryl methyl sites for hydroxylation is 1. The van der Waals surface area contributed by atoms with Gasteiger partial charge in [0.15, 0.2) is 0 Å². The maximum atomic E-state index is 4.33. The summed E-state index contributed by atoms with van der Waals surface area (Å²) in [4.78, 5) is 4.33. The normalized spacial score (nSPS) is 8.45. The van der Waals surface area contributed by atoms with Gasteiger partial charge in [-0.2, -0.15) is 0 Å². The third-order valence-corrected chi connectivity index (χ3v) is 2.60. The van der Waals surface area contributed by atoms with E-state index in [1.54, 1.807) is 18.3 Å². The number of fused-ring (bicyclic) bond motifs is 1. The SMILES string of the molecule is C=C.C=CC=C.C=Cc1c(C=C)n(C)c2ncccc12. The molecule has 0 aliphatic heterocycles. The highest BCUT2D eigenvalue weighted by molar-refractivity contribution is 5.91. The molecule has 20 heavy (non-hydrogen) atoms. The molecule has 0 aliphatic carbocycles. The van der Waals surface area contributed by atoms with Gasteiger partial charge in [0.05, 0.1) is 0 Å². The minimum atomic E-state index is 0.970. The van der Waals surface area contributed by atoms with Crippen molar-refractivity contribution in [2.45, 2.75) is 0 Å². The number of hydrogen-bond donors (Lipinski definition) is 0. The summed E-state index contributed by atoms with van der Waals surface area (Å²) in [7, 11) is 1.99. The van der Waals surface area contributed by atoms with E-state index in [1.807, 2.05) is 35.9 Å². The van der Waals surface area contributed by atoms with Crippen LogP contribution < -0.4 is 0 Å². The summed E-state index contributed by atoms with van der Waals surface area (Å²) in [5.41, 5.74) is 3.14. The van der Waals surface area contributed by atoms with Gasteiger partial charge in [-0.05, 0) is 18.2 Å². The number of allylic oxidation sites excluding steroid dienone is 2. The third kappa shape index (κ3) is 3.69. The summed E-state index contributed by atoms with van der Waals surface area (Å²) < 4.78 is 2.03. The molecule has 0 fully saturated rings. The Balaban J connectivity index is 0.000000521. The molecule has 104 valence electrons. The van der Waals surface area contributed by atoms with Gasteiger partial charge < -0.3 is 4.57 Å². The molecule has 0 saturated carbocycles. The number of aromatic nitrogens is 2. The molecular weight excluding hydrogens is 244 g/mol. The van der Waals surface area contributed by atoms with Crippen LogP contribution in [-0.4, -0.2) is 9.55 Å². The Hall–Kier alpha value is -2.61. The fourth-order valence-electron chi connectivity index (χ4n) is 1.77. The number of nitrogens with zero attached hydrogens (tertiary/aromatic N) is 2. The lowest BCUT2D eigenvalue weighted by atomic mass is 10.1. The lowest BCUT2D eigenvalue weighted by Gasteiger charge is -1.97. The summed E-state index contributed by atoms with van der Waals surface area (Å²) in [5, 5.41) is 1.12. The van der Waals surface area contributed by atoms with Crippen LogP contribution >= 0.6 is 0 Å². The van der Waals surface area contributed by atoms with Gasteiger partial charge in [-0.15, -0.1) is 13.2 Å². The predicted molar refractivity (Wildman–Crippen MR) is 92.5 cm³/mol. The van der Waals surface area contributed by atoms with E-state index >= 15 is 0 Å². The zero-order valence-electron chi connectivity index (χ0n) is 12.2. The number of hydrogen-bond acceptors (Lipinski definition) is 1. The molecule has 0 radical (unpaired) electrons. The van der Waals surface area contributed by atoms with Gasteiger partial charge >= 0.3 is 0 Å². The minimum Gasteiger partial charge on any atom is -0.328 e. The molecule has 2 heteroatoms. The highest BCUT2D eigenvalue weighted by Gasteiger charge is 2.09. The molecule has 0 spiro atoms. The molecule has 0 bridgehead atoms. The van der Waals surface area contributed by atoms with Crippen LogP contribution in [0.1, 0.15) is 11.3 Å². The van der Waals surface area contributed by atoms with E-state index in [-0.39, 0.29) is 0 Å². The molecule has 2 aromatic heterocycles. The largest absolute Gasteiger partial charge is 0.328 e. The topological polar surface area (TPSA) is 17.8 Å². The van der Waals surface area contributed by atoms with Crippen LogP contribution in [0.2, 0.25) is 0 Å². The fourth-order valence-corrected chi connectivity index (χ4v) is 1.77. The molecule has 0 N–H and O–H groups in total. The first kappa shape index (κ1) is 17.4. The first-order valence-corrected chi connectivity index (χ1v) is 6.13. The fraction of sp³-hybridized carbons (Fsp3) is 0.0556. The van der Waals surface area contributed by atoms with E-state index in [0.29, 0.717) is 0 Å². The van der Waals surface area contributed by atoms with Gasteiger partial charge in [0, 0.05) is 29.9 Å². The van der Waals surface area contributed by atoms with Crippen molar-refractivity contribution < 1.29 is 0 Å². The number of rotatable bonds is 3. The molecule has 2 rings (SSSR count). The molecule has 2 aromatic rings.